The Morgan fingerprint density at radius 1 is 1.56 bits per heavy atom. The molecule has 1 rings (SSSR count). The highest BCUT2D eigenvalue weighted by Gasteiger charge is 2.23. The predicted molar refractivity (Wildman–Crippen MR) is 67.1 cm³/mol. The standard InChI is InChI=1S/C13H25N3/c1-4-13(7-8-14)15-11(2)12-6-5-9-16(3)10-12/h11-13,15H,4-7,9-10H2,1-3H3. The summed E-state index contributed by atoms with van der Waals surface area (Å²) in [5.41, 5.74) is 0. The summed E-state index contributed by atoms with van der Waals surface area (Å²) in [4.78, 5) is 2.41. The Bertz CT molecular complexity index is 234. The monoisotopic (exact) mass is 223 g/mol. The zero-order valence-corrected chi connectivity index (χ0v) is 10.9. The van der Waals surface area contributed by atoms with E-state index in [4.69, 9.17) is 5.26 Å². The van der Waals surface area contributed by atoms with E-state index in [0.29, 0.717) is 18.5 Å². The molecule has 0 aromatic heterocycles. The molecule has 0 aromatic rings. The van der Waals surface area contributed by atoms with E-state index in [1.807, 2.05) is 0 Å². The molecule has 1 aliphatic heterocycles. The van der Waals surface area contributed by atoms with Crippen LogP contribution >= 0.6 is 0 Å². The smallest absolute Gasteiger partial charge is 0.0638 e. The van der Waals surface area contributed by atoms with Crippen LogP contribution in [-0.2, 0) is 0 Å². The maximum Gasteiger partial charge on any atom is 0.0638 e. The lowest BCUT2D eigenvalue weighted by Crippen LogP contribution is -2.46. The minimum absolute atomic E-state index is 0.368. The maximum absolute atomic E-state index is 8.73. The number of nitrogens with zero attached hydrogens (tertiary/aromatic N) is 2. The quantitative estimate of drug-likeness (QED) is 0.775. The average molecular weight is 223 g/mol. The number of rotatable bonds is 5. The minimum atomic E-state index is 0.368. The lowest BCUT2D eigenvalue weighted by atomic mass is 9.91. The molecule has 0 amide bonds. The molecule has 0 spiro atoms. The Kier molecular flexibility index (Phi) is 5.79. The molecular weight excluding hydrogens is 198 g/mol. The normalized spacial score (nSPS) is 26.0. The van der Waals surface area contributed by atoms with Crippen molar-refractivity contribution in [1.82, 2.24) is 10.2 Å². The van der Waals surface area contributed by atoms with Gasteiger partial charge in [-0.15, -0.1) is 0 Å². The number of nitriles is 1. The SMILES string of the molecule is CCC(CC#N)NC(C)C1CCCN(C)C1. The Morgan fingerprint density at radius 2 is 2.31 bits per heavy atom. The van der Waals surface area contributed by atoms with Gasteiger partial charge in [0.05, 0.1) is 12.5 Å². The summed E-state index contributed by atoms with van der Waals surface area (Å²) in [6.45, 7) is 6.84. The summed E-state index contributed by atoms with van der Waals surface area (Å²) in [7, 11) is 2.20. The van der Waals surface area contributed by atoms with Crippen LogP contribution in [0, 0.1) is 17.2 Å². The summed E-state index contributed by atoms with van der Waals surface area (Å²) < 4.78 is 0. The Labute approximate surface area is 99.8 Å². The number of likely N-dealkylation sites (tertiary alicyclic amines) is 1. The second kappa shape index (κ2) is 6.88. The molecule has 1 aliphatic rings. The van der Waals surface area contributed by atoms with E-state index in [0.717, 1.165) is 12.3 Å². The number of hydrogen-bond donors (Lipinski definition) is 1. The van der Waals surface area contributed by atoms with E-state index in [1.54, 1.807) is 0 Å². The summed E-state index contributed by atoms with van der Waals surface area (Å²) in [6, 6.07) is 3.16. The van der Waals surface area contributed by atoms with Gasteiger partial charge in [0, 0.05) is 18.6 Å². The van der Waals surface area contributed by atoms with Crippen molar-refractivity contribution in [1.29, 1.82) is 5.26 Å². The van der Waals surface area contributed by atoms with Crippen LogP contribution in [0.5, 0.6) is 0 Å². The Hall–Kier alpha value is -0.590. The molecule has 0 saturated carbocycles. The van der Waals surface area contributed by atoms with Crippen molar-refractivity contribution in [2.24, 2.45) is 5.92 Å². The minimum Gasteiger partial charge on any atom is -0.310 e. The van der Waals surface area contributed by atoms with Crippen LogP contribution in [0.25, 0.3) is 0 Å². The van der Waals surface area contributed by atoms with E-state index in [9.17, 15) is 0 Å². The molecule has 1 fully saturated rings. The third-order valence-electron chi connectivity index (χ3n) is 3.70. The van der Waals surface area contributed by atoms with Crippen LogP contribution in [0.3, 0.4) is 0 Å². The van der Waals surface area contributed by atoms with E-state index >= 15 is 0 Å². The van der Waals surface area contributed by atoms with E-state index in [-0.39, 0.29) is 0 Å². The van der Waals surface area contributed by atoms with E-state index < -0.39 is 0 Å². The Balaban J connectivity index is 2.38. The summed E-state index contributed by atoms with van der Waals surface area (Å²) in [5, 5.41) is 12.3. The second-order valence-corrected chi connectivity index (χ2v) is 5.09. The molecule has 0 bridgehead atoms. The first-order valence-corrected chi connectivity index (χ1v) is 6.48. The van der Waals surface area contributed by atoms with Gasteiger partial charge in [0.2, 0.25) is 0 Å². The van der Waals surface area contributed by atoms with Gasteiger partial charge in [-0.2, -0.15) is 5.26 Å². The molecule has 1 N–H and O–H groups in total. The molecule has 16 heavy (non-hydrogen) atoms. The third kappa shape index (κ3) is 4.11. The number of piperidine rings is 1. The number of hydrogen-bond acceptors (Lipinski definition) is 3. The zero-order chi connectivity index (χ0) is 12.0. The van der Waals surface area contributed by atoms with Crippen LogP contribution in [-0.4, -0.2) is 37.1 Å². The fourth-order valence-electron chi connectivity index (χ4n) is 2.55. The molecule has 1 saturated heterocycles. The fourth-order valence-corrected chi connectivity index (χ4v) is 2.55. The van der Waals surface area contributed by atoms with Crippen LogP contribution < -0.4 is 5.32 Å². The van der Waals surface area contributed by atoms with Crippen molar-refractivity contribution in [2.45, 2.75) is 51.6 Å². The van der Waals surface area contributed by atoms with Crippen molar-refractivity contribution < 1.29 is 0 Å². The molecule has 3 heteroatoms. The van der Waals surface area contributed by atoms with Gasteiger partial charge in [-0.1, -0.05) is 6.92 Å². The molecule has 0 radical (unpaired) electrons. The van der Waals surface area contributed by atoms with E-state index in [2.05, 4.69) is 37.2 Å². The molecule has 0 aromatic carbocycles. The van der Waals surface area contributed by atoms with Crippen molar-refractivity contribution in [2.75, 3.05) is 20.1 Å². The highest BCUT2D eigenvalue weighted by atomic mass is 15.1. The highest BCUT2D eigenvalue weighted by Crippen LogP contribution is 2.19. The van der Waals surface area contributed by atoms with E-state index in [1.165, 1.54) is 25.9 Å². The molecular formula is C13H25N3. The van der Waals surface area contributed by atoms with Gasteiger partial charge in [-0.25, -0.2) is 0 Å². The van der Waals surface area contributed by atoms with Crippen LogP contribution in [0.15, 0.2) is 0 Å². The fraction of sp³-hybridized carbons (Fsp3) is 0.923. The molecule has 92 valence electrons. The summed E-state index contributed by atoms with van der Waals surface area (Å²) >= 11 is 0. The maximum atomic E-state index is 8.73. The van der Waals surface area contributed by atoms with Gasteiger partial charge in [-0.05, 0) is 45.7 Å². The zero-order valence-electron chi connectivity index (χ0n) is 10.9. The average Bonchev–Trinajstić information content (AvgIpc) is 2.28. The Morgan fingerprint density at radius 3 is 2.88 bits per heavy atom. The van der Waals surface area contributed by atoms with Crippen molar-refractivity contribution in [3.63, 3.8) is 0 Å². The molecule has 1 heterocycles. The molecule has 3 atom stereocenters. The van der Waals surface area contributed by atoms with Crippen molar-refractivity contribution in [3.05, 3.63) is 0 Å². The van der Waals surface area contributed by atoms with Gasteiger partial charge in [0.1, 0.15) is 0 Å². The first-order chi connectivity index (χ1) is 7.67. The van der Waals surface area contributed by atoms with Gasteiger partial charge < -0.3 is 10.2 Å². The van der Waals surface area contributed by atoms with Crippen LogP contribution in [0.4, 0.5) is 0 Å². The molecule has 3 nitrogen and oxygen atoms in total. The van der Waals surface area contributed by atoms with Crippen molar-refractivity contribution >= 4 is 0 Å². The summed E-state index contributed by atoms with van der Waals surface area (Å²) in [6.07, 6.45) is 4.30. The topological polar surface area (TPSA) is 39.1 Å². The highest BCUT2D eigenvalue weighted by molar-refractivity contribution is 4.85. The lowest BCUT2D eigenvalue weighted by molar-refractivity contribution is 0.172. The number of nitrogens with one attached hydrogen (secondary N) is 1. The third-order valence-corrected chi connectivity index (χ3v) is 3.70. The summed E-state index contributed by atoms with van der Waals surface area (Å²) in [5.74, 6) is 0.742. The van der Waals surface area contributed by atoms with Gasteiger partial charge >= 0.3 is 0 Å². The predicted octanol–water partition coefficient (Wildman–Crippen LogP) is 2.00. The largest absolute Gasteiger partial charge is 0.310 e. The van der Waals surface area contributed by atoms with Crippen LogP contribution in [0.2, 0.25) is 0 Å². The molecule has 0 aliphatic carbocycles. The first-order valence-electron chi connectivity index (χ1n) is 6.48. The second-order valence-electron chi connectivity index (χ2n) is 5.09. The lowest BCUT2D eigenvalue weighted by Gasteiger charge is -2.35. The van der Waals surface area contributed by atoms with Gasteiger partial charge in [0.25, 0.3) is 0 Å². The first kappa shape index (κ1) is 13.5. The van der Waals surface area contributed by atoms with Gasteiger partial charge in [0.15, 0.2) is 0 Å². The van der Waals surface area contributed by atoms with Crippen LogP contribution in [0.1, 0.15) is 39.5 Å². The molecule has 3 unspecified atom stereocenters. The van der Waals surface area contributed by atoms with Crippen molar-refractivity contribution in [3.8, 4) is 6.07 Å². The van der Waals surface area contributed by atoms with Gasteiger partial charge in [-0.3, -0.25) is 0 Å².